The van der Waals surface area contributed by atoms with Gasteiger partial charge in [-0.1, -0.05) is 23.7 Å². The fraction of sp³-hybridized carbons (Fsp3) is 0.536. The van der Waals surface area contributed by atoms with Gasteiger partial charge in [-0.05, 0) is 81.1 Å². The number of halogens is 2. The average Bonchev–Trinajstić information content (AvgIpc) is 3.51. The molecule has 194 valence electrons. The number of piperazine rings is 1. The Labute approximate surface area is 218 Å². The summed E-state index contributed by atoms with van der Waals surface area (Å²) in [7, 11) is 3.86. The van der Waals surface area contributed by atoms with Crippen molar-refractivity contribution >= 4 is 23.3 Å². The molecular formula is C28H36ClFN4O2. The van der Waals surface area contributed by atoms with Gasteiger partial charge >= 0.3 is 6.03 Å². The van der Waals surface area contributed by atoms with E-state index >= 15 is 0 Å². The molecule has 1 saturated heterocycles. The number of carbonyl (C=O) groups is 1. The van der Waals surface area contributed by atoms with Crippen molar-refractivity contribution in [2.45, 2.75) is 37.1 Å². The number of ether oxygens (including phenoxy) is 1. The Kier molecular flexibility index (Phi) is 7.42. The van der Waals surface area contributed by atoms with Crippen LogP contribution in [-0.4, -0.2) is 80.2 Å². The molecule has 2 aliphatic carbocycles. The molecule has 0 bridgehead atoms. The quantitative estimate of drug-likeness (QED) is 0.533. The number of anilines is 1. The first-order chi connectivity index (χ1) is 17.4. The lowest BCUT2D eigenvalue weighted by molar-refractivity contribution is 0.140. The Morgan fingerprint density at radius 1 is 1.22 bits per heavy atom. The average molecular weight is 515 g/mol. The molecule has 2 amide bonds. The summed E-state index contributed by atoms with van der Waals surface area (Å²) in [6.45, 7) is 6.00. The number of methoxy groups -OCH3 is 1. The van der Waals surface area contributed by atoms with Crippen LogP contribution in [0.3, 0.4) is 0 Å². The number of amides is 2. The van der Waals surface area contributed by atoms with Crippen LogP contribution in [0.2, 0.25) is 5.02 Å². The standard InChI is InChI=1S/C28H36ClFN4O2/c1-32-13-15-33(16-14-32)11-4-12-34(27(35)31-21-7-8-25(30)24(29)18-21)26-9-10-28(19-23(26)28)20-5-3-6-22(17-20)36-2/h3,5-8,17-18,23,26H,4,9-16,19H2,1-2H3,(H,31,35)/t23-,26-,28-/m1/s1. The fourth-order valence-corrected chi connectivity index (χ4v) is 6.42. The number of hydrogen-bond donors (Lipinski definition) is 1. The maximum atomic E-state index is 13.7. The molecule has 0 spiro atoms. The third kappa shape index (κ3) is 5.20. The second-order valence-corrected chi connectivity index (χ2v) is 11.0. The van der Waals surface area contributed by atoms with Crippen LogP contribution in [0.15, 0.2) is 42.5 Å². The molecule has 3 aliphatic rings. The van der Waals surface area contributed by atoms with Gasteiger partial charge in [0.1, 0.15) is 11.6 Å². The van der Waals surface area contributed by atoms with Crippen LogP contribution in [0.25, 0.3) is 0 Å². The van der Waals surface area contributed by atoms with Gasteiger partial charge in [0.25, 0.3) is 0 Å². The smallest absolute Gasteiger partial charge is 0.322 e. The molecule has 5 rings (SSSR count). The third-order valence-corrected chi connectivity index (χ3v) is 8.72. The maximum Gasteiger partial charge on any atom is 0.322 e. The van der Waals surface area contributed by atoms with E-state index in [1.54, 1.807) is 13.2 Å². The largest absolute Gasteiger partial charge is 0.497 e. The number of hydrogen-bond acceptors (Lipinski definition) is 4. The molecule has 8 heteroatoms. The van der Waals surface area contributed by atoms with Crippen molar-refractivity contribution < 1.29 is 13.9 Å². The zero-order valence-electron chi connectivity index (χ0n) is 21.2. The molecule has 2 saturated carbocycles. The van der Waals surface area contributed by atoms with Crippen molar-refractivity contribution in [1.82, 2.24) is 14.7 Å². The van der Waals surface area contributed by atoms with E-state index in [0.717, 1.165) is 64.2 Å². The lowest BCUT2D eigenvalue weighted by Crippen LogP contribution is -2.47. The highest BCUT2D eigenvalue weighted by Crippen LogP contribution is 2.65. The molecule has 0 radical (unpaired) electrons. The van der Waals surface area contributed by atoms with Crippen molar-refractivity contribution in [3.63, 3.8) is 0 Å². The number of nitrogens with one attached hydrogen (secondary N) is 1. The first-order valence-corrected chi connectivity index (χ1v) is 13.4. The van der Waals surface area contributed by atoms with Gasteiger partial charge in [0.05, 0.1) is 12.1 Å². The summed E-state index contributed by atoms with van der Waals surface area (Å²) < 4.78 is 19.1. The zero-order chi connectivity index (χ0) is 25.3. The monoisotopic (exact) mass is 514 g/mol. The van der Waals surface area contributed by atoms with Gasteiger partial charge in [0, 0.05) is 49.9 Å². The van der Waals surface area contributed by atoms with E-state index < -0.39 is 5.82 Å². The van der Waals surface area contributed by atoms with E-state index in [9.17, 15) is 9.18 Å². The lowest BCUT2D eigenvalue weighted by atomic mass is 9.93. The molecule has 1 N–H and O–H groups in total. The van der Waals surface area contributed by atoms with E-state index in [4.69, 9.17) is 16.3 Å². The molecule has 0 unspecified atom stereocenters. The number of nitrogens with zero attached hydrogens (tertiary/aromatic N) is 3. The van der Waals surface area contributed by atoms with Gasteiger partial charge in [-0.2, -0.15) is 0 Å². The summed E-state index contributed by atoms with van der Waals surface area (Å²) in [5.41, 5.74) is 1.97. The molecule has 0 aromatic heterocycles. The van der Waals surface area contributed by atoms with Crippen LogP contribution in [-0.2, 0) is 5.41 Å². The summed E-state index contributed by atoms with van der Waals surface area (Å²) in [5.74, 6) is 0.831. The van der Waals surface area contributed by atoms with Gasteiger partial charge < -0.3 is 24.8 Å². The summed E-state index contributed by atoms with van der Waals surface area (Å²) in [5, 5.41) is 3.00. The van der Waals surface area contributed by atoms with Gasteiger partial charge in [-0.15, -0.1) is 0 Å². The van der Waals surface area contributed by atoms with Crippen LogP contribution < -0.4 is 10.1 Å². The Hall–Kier alpha value is -2.35. The minimum atomic E-state index is -0.490. The van der Waals surface area contributed by atoms with Gasteiger partial charge in [0.2, 0.25) is 0 Å². The molecule has 6 nitrogen and oxygen atoms in total. The molecule has 36 heavy (non-hydrogen) atoms. The first-order valence-electron chi connectivity index (χ1n) is 13.0. The third-order valence-electron chi connectivity index (χ3n) is 8.43. The lowest BCUT2D eigenvalue weighted by Gasteiger charge is -2.34. The molecule has 3 fully saturated rings. The number of benzene rings is 2. The van der Waals surface area contributed by atoms with Crippen LogP contribution in [0.1, 0.15) is 31.2 Å². The van der Waals surface area contributed by atoms with Crippen LogP contribution in [0.4, 0.5) is 14.9 Å². The molecule has 2 aromatic rings. The van der Waals surface area contributed by atoms with E-state index in [1.807, 2.05) is 11.0 Å². The molecule has 1 aliphatic heterocycles. The van der Waals surface area contributed by atoms with Crippen LogP contribution >= 0.6 is 11.6 Å². The van der Waals surface area contributed by atoms with Crippen molar-refractivity contribution in [2.24, 2.45) is 5.92 Å². The van der Waals surface area contributed by atoms with Crippen molar-refractivity contribution in [2.75, 3.05) is 58.7 Å². The predicted octanol–water partition coefficient (Wildman–Crippen LogP) is 5.08. The van der Waals surface area contributed by atoms with Crippen LogP contribution in [0.5, 0.6) is 5.75 Å². The predicted molar refractivity (Wildman–Crippen MR) is 141 cm³/mol. The van der Waals surface area contributed by atoms with E-state index in [1.165, 1.54) is 17.7 Å². The van der Waals surface area contributed by atoms with Crippen molar-refractivity contribution in [3.05, 3.63) is 58.9 Å². The van der Waals surface area contributed by atoms with Gasteiger partial charge in [-0.3, -0.25) is 0 Å². The van der Waals surface area contributed by atoms with Crippen molar-refractivity contribution in [1.29, 1.82) is 0 Å². The Morgan fingerprint density at radius 3 is 2.75 bits per heavy atom. The van der Waals surface area contributed by atoms with Gasteiger partial charge in [0.15, 0.2) is 0 Å². The highest BCUT2D eigenvalue weighted by molar-refractivity contribution is 6.31. The normalized spacial score (nSPS) is 25.9. The fourth-order valence-electron chi connectivity index (χ4n) is 6.24. The van der Waals surface area contributed by atoms with E-state index in [0.29, 0.717) is 18.2 Å². The summed E-state index contributed by atoms with van der Waals surface area (Å²) >= 11 is 5.97. The van der Waals surface area contributed by atoms with Gasteiger partial charge in [-0.25, -0.2) is 9.18 Å². The summed E-state index contributed by atoms with van der Waals surface area (Å²) in [6.07, 6.45) is 4.07. The number of carbonyl (C=O) groups excluding carboxylic acids is 1. The summed E-state index contributed by atoms with van der Waals surface area (Å²) in [4.78, 5) is 20.4. The minimum Gasteiger partial charge on any atom is -0.497 e. The van der Waals surface area contributed by atoms with E-state index in [-0.39, 0.29) is 22.5 Å². The summed E-state index contributed by atoms with van der Waals surface area (Å²) in [6, 6.07) is 12.8. The Bertz CT molecular complexity index is 1090. The molecule has 1 heterocycles. The zero-order valence-corrected chi connectivity index (χ0v) is 21.9. The number of fused-ring (bicyclic) bond motifs is 1. The Morgan fingerprint density at radius 2 is 2.03 bits per heavy atom. The first kappa shape index (κ1) is 25.3. The topological polar surface area (TPSA) is 48.1 Å². The maximum absolute atomic E-state index is 13.7. The van der Waals surface area contributed by atoms with E-state index in [2.05, 4.69) is 40.4 Å². The molecule has 3 atom stereocenters. The molecule has 2 aromatic carbocycles. The highest BCUT2D eigenvalue weighted by atomic mass is 35.5. The second kappa shape index (κ2) is 10.6. The number of urea groups is 1. The minimum absolute atomic E-state index is 0.00881. The van der Waals surface area contributed by atoms with Crippen LogP contribution in [0, 0.1) is 11.7 Å². The van der Waals surface area contributed by atoms with Crippen molar-refractivity contribution in [3.8, 4) is 5.75 Å². The number of rotatable bonds is 8. The second-order valence-electron chi connectivity index (χ2n) is 10.6. The Balaban J connectivity index is 1.29. The SMILES string of the molecule is COc1cccc([C@]23CC[C@@H](N(CCCN4CCN(C)CC4)C(=O)Nc4ccc(F)c(Cl)c4)[C@H]2C3)c1. The molecular weight excluding hydrogens is 479 g/mol. The highest BCUT2D eigenvalue weighted by Gasteiger charge is 2.64. The number of likely N-dealkylation sites (N-methyl/N-ethyl adjacent to an activating group) is 1.